The predicted molar refractivity (Wildman–Crippen MR) is 88.7 cm³/mol. The van der Waals surface area contributed by atoms with Crippen LogP contribution in [0.3, 0.4) is 0 Å². The molecule has 0 aliphatic rings. The van der Waals surface area contributed by atoms with Crippen molar-refractivity contribution in [3.63, 3.8) is 0 Å². The number of aliphatic hydroxyl groups is 1. The smallest absolute Gasteiger partial charge is 0.303 e. The van der Waals surface area contributed by atoms with Crippen LogP contribution in [0.2, 0.25) is 0 Å². The van der Waals surface area contributed by atoms with Crippen LogP contribution in [0.15, 0.2) is 11.8 Å². The fourth-order valence-electron chi connectivity index (χ4n) is 2.41. The summed E-state index contributed by atoms with van der Waals surface area (Å²) in [5.41, 5.74) is 0. The summed E-state index contributed by atoms with van der Waals surface area (Å²) in [4.78, 5) is 10.3. The van der Waals surface area contributed by atoms with Crippen LogP contribution in [-0.4, -0.2) is 16.2 Å². The minimum atomic E-state index is -0.684. The number of allylic oxidation sites excluding steroid dienone is 2. The molecule has 0 bridgehead atoms. The normalized spacial score (nSPS) is 11.8. The number of hydrogen-bond acceptors (Lipinski definition) is 2. The number of carboxylic acids is 1. The van der Waals surface area contributed by atoms with E-state index < -0.39 is 5.97 Å². The van der Waals surface area contributed by atoms with Crippen LogP contribution in [-0.2, 0) is 4.79 Å². The van der Waals surface area contributed by atoms with E-state index in [1.807, 2.05) is 6.08 Å². The highest BCUT2D eigenvalue weighted by molar-refractivity contribution is 5.66. The largest absolute Gasteiger partial charge is 0.513 e. The van der Waals surface area contributed by atoms with Crippen LogP contribution in [0.25, 0.3) is 0 Å². The van der Waals surface area contributed by atoms with E-state index in [1.54, 1.807) is 0 Å². The summed E-state index contributed by atoms with van der Waals surface area (Å²) in [6.07, 6.45) is 16.7. The maximum absolute atomic E-state index is 10.3. The Morgan fingerprint density at radius 3 is 1.90 bits per heavy atom. The molecule has 0 fully saturated rings. The Hall–Kier alpha value is -0.990. The minimum absolute atomic E-state index is 0.308. The summed E-state index contributed by atoms with van der Waals surface area (Å²) >= 11 is 0. The van der Waals surface area contributed by atoms with Gasteiger partial charge in [-0.05, 0) is 31.8 Å². The SMILES string of the molecule is CCCCCCC(O)=CCCCCCCCCCC(=O)O. The van der Waals surface area contributed by atoms with Crippen molar-refractivity contribution in [1.82, 2.24) is 0 Å². The molecule has 0 atom stereocenters. The van der Waals surface area contributed by atoms with Gasteiger partial charge in [0.1, 0.15) is 0 Å². The van der Waals surface area contributed by atoms with E-state index >= 15 is 0 Å². The number of aliphatic carboxylic acids is 1. The van der Waals surface area contributed by atoms with Gasteiger partial charge in [0.15, 0.2) is 0 Å². The number of carboxylic acid groups (broad SMARTS) is 1. The molecule has 0 aliphatic heterocycles. The van der Waals surface area contributed by atoms with Crippen molar-refractivity contribution in [3.05, 3.63) is 11.8 Å². The van der Waals surface area contributed by atoms with E-state index in [-0.39, 0.29) is 0 Å². The first kappa shape index (κ1) is 20.0. The highest BCUT2D eigenvalue weighted by Gasteiger charge is 1.97. The molecule has 0 spiro atoms. The lowest BCUT2D eigenvalue weighted by atomic mass is 10.1. The van der Waals surface area contributed by atoms with Crippen molar-refractivity contribution in [2.24, 2.45) is 0 Å². The molecule has 0 unspecified atom stereocenters. The first-order valence-electron chi connectivity index (χ1n) is 8.76. The maximum atomic E-state index is 10.3. The zero-order valence-electron chi connectivity index (χ0n) is 13.8. The number of unbranched alkanes of at least 4 members (excludes halogenated alkanes) is 10. The van der Waals surface area contributed by atoms with E-state index in [2.05, 4.69) is 6.92 Å². The van der Waals surface area contributed by atoms with Gasteiger partial charge >= 0.3 is 5.97 Å². The van der Waals surface area contributed by atoms with Crippen molar-refractivity contribution in [2.75, 3.05) is 0 Å². The lowest BCUT2D eigenvalue weighted by molar-refractivity contribution is -0.137. The average Bonchev–Trinajstić information content (AvgIpc) is 2.45. The van der Waals surface area contributed by atoms with Crippen molar-refractivity contribution in [3.8, 4) is 0 Å². The second-order valence-electron chi connectivity index (χ2n) is 5.91. The predicted octanol–water partition coefficient (Wildman–Crippen LogP) is 5.99. The molecule has 0 saturated carbocycles. The molecule has 0 saturated heterocycles. The van der Waals surface area contributed by atoms with Gasteiger partial charge in [0, 0.05) is 12.8 Å². The fraction of sp³-hybridized carbons (Fsp3) is 0.833. The molecule has 21 heavy (non-hydrogen) atoms. The number of aliphatic hydroxyl groups excluding tert-OH is 1. The molecule has 124 valence electrons. The molecule has 0 amide bonds. The molecule has 0 aromatic heterocycles. The van der Waals surface area contributed by atoms with E-state index in [1.165, 1.54) is 38.5 Å². The van der Waals surface area contributed by atoms with Gasteiger partial charge in [-0.25, -0.2) is 0 Å². The Kier molecular flexibility index (Phi) is 14.7. The third kappa shape index (κ3) is 17.0. The molecular formula is C18H34O3. The average molecular weight is 298 g/mol. The fourth-order valence-corrected chi connectivity index (χ4v) is 2.41. The Morgan fingerprint density at radius 1 is 0.762 bits per heavy atom. The van der Waals surface area contributed by atoms with Crippen molar-refractivity contribution >= 4 is 5.97 Å². The quantitative estimate of drug-likeness (QED) is 0.288. The van der Waals surface area contributed by atoms with Gasteiger partial charge in [-0.3, -0.25) is 4.79 Å². The molecule has 0 aromatic carbocycles. The number of hydrogen-bond donors (Lipinski definition) is 2. The van der Waals surface area contributed by atoms with E-state index in [4.69, 9.17) is 5.11 Å². The summed E-state index contributed by atoms with van der Waals surface area (Å²) in [7, 11) is 0. The Bertz CT molecular complexity index is 272. The second-order valence-corrected chi connectivity index (χ2v) is 5.91. The Balaban J connectivity index is 3.25. The summed E-state index contributed by atoms with van der Waals surface area (Å²) in [6, 6.07) is 0. The van der Waals surface area contributed by atoms with Gasteiger partial charge < -0.3 is 10.2 Å². The molecular weight excluding hydrogens is 264 g/mol. The van der Waals surface area contributed by atoms with Gasteiger partial charge in [0.2, 0.25) is 0 Å². The summed E-state index contributed by atoms with van der Waals surface area (Å²) in [5.74, 6) is -0.115. The van der Waals surface area contributed by atoms with Crippen molar-refractivity contribution in [1.29, 1.82) is 0 Å². The van der Waals surface area contributed by atoms with Crippen LogP contribution in [0.5, 0.6) is 0 Å². The standard InChI is InChI=1S/C18H34O3/c1-2-3-4-11-14-17(19)15-12-9-7-5-6-8-10-13-16-18(20)21/h15,19H,2-14,16H2,1H3,(H,20,21). The van der Waals surface area contributed by atoms with Gasteiger partial charge in [-0.15, -0.1) is 0 Å². The minimum Gasteiger partial charge on any atom is -0.513 e. The lowest BCUT2D eigenvalue weighted by Gasteiger charge is -2.02. The maximum Gasteiger partial charge on any atom is 0.303 e. The molecule has 0 aromatic rings. The highest BCUT2D eigenvalue weighted by Crippen LogP contribution is 2.12. The molecule has 3 heteroatoms. The second kappa shape index (κ2) is 15.4. The molecule has 3 nitrogen and oxygen atoms in total. The van der Waals surface area contributed by atoms with Gasteiger partial charge in [-0.1, -0.05) is 58.3 Å². The number of carbonyl (C=O) groups is 1. The monoisotopic (exact) mass is 298 g/mol. The third-order valence-electron chi connectivity index (χ3n) is 3.76. The molecule has 2 N–H and O–H groups in total. The topological polar surface area (TPSA) is 57.5 Å². The van der Waals surface area contributed by atoms with Crippen LogP contribution < -0.4 is 0 Å². The zero-order valence-corrected chi connectivity index (χ0v) is 13.8. The molecule has 0 heterocycles. The Labute approximate surface area is 130 Å². The van der Waals surface area contributed by atoms with Crippen LogP contribution in [0.1, 0.15) is 96.8 Å². The van der Waals surface area contributed by atoms with E-state index in [0.717, 1.165) is 44.9 Å². The lowest BCUT2D eigenvalue weighted by Crippen LogP contribution is -1.93. The van der Waals surface area contributed by atoms with Gasteiger partial charge in [0.25, 0.3) is 0 Å². The van der Waals surface area contributed by atoms with Crippen LogP contribution >= 0.6 is 0 Å². The van der Waals surface area contributed by atoms with Crippen LogP contribution in [0, 0.1) is 0 Å². The third-order valence-corrected chi connectivity index (χ3v) is 3.76. The van der Waals surface area contributed by atoms with Crippen molar-refractivity contribution in [2.45, 2.75) is 96.8 Å². The summed E-state index contributed by atoms with van der Waals surface area (Å²) in [6.45, 7) is 2.20. The van der Waals surface area contributed by atoms with Gasteiger partial charge in [-0.2, -0.15) is 0 Å². The highest BCUT2D eigenvalue weighted by atomic mass is 16.4. The first-order chi connectivity index (χ1) is 10.2. The van der Waals surface area contributed by atoms with E-state index in [0.29, 0.717) is 12.2 Å². The van der Waals surface area contributed by atoms with E-state index in [9.17, 15) is 9.90 Å². The zero-order chi connectivity index (χ0) is 15.8. The number of rotatable bonds is 15. The van der Waals surface area contributed by atoms with Crippen LogP contribution in [0.4, 0.5) is 0 Å². The van der Waals surface area contributed by atoms with Gasteiger partial charge in [0.05, 0.1) is 5.76 Å². The summed E-state index contributed by atoms with van der Waals surface area (Å²) in [5, 5.41) is 18.2. The molecule has 0 rings (SSSR count). The van der Waals surface area contributed by atoms with Crippen molar-refractivity contribution < 1.29 is 15.0 Å². The molecule has 0 radical (unpaired) electrons. The summed E-state index contributed by atoms with van der Waals surface area (Å²) < 4.78 is 0. The Morgan fingerprint density at radius 2 is 1.29 bits per heavy atom. The first-order valence-corrected chi connectivity index (χ1v) is 8.76. The molecule has 0 aliphatic carbocycles.